The summed E-state index contributed by atoms with van der Waals surface area (Å²) in [6, 6.07) is 16.9. The van der Waals surface area contributed by atoms with E-state index in [4.69, 9.17) is 0 Å². The van der Waals surface area contributed by atoms with Gasteiger partial charge in [-0.1, -0.05) is 18.2 Å². The normalized spacial score (nSPS) is 11.0. The van der Waals surface area contributed by atoms with Gasteiger partial charge < -0.3 is 10.6 Å². The highest BCUT2D eigenvalue weighted by Crippen LogP contribution is 2.29. The molecule has 2 N–H and O–H groups in total. The lowest BCUT2D eigenvalue weighted by molar-refractivity contribution is -0.137. The van der Waals surface area contributed by atoms with Crippen LogP contribution in [0.1, 0.15) is 16.1 Å². The molecule has 0 fully saturated rings. The Balaban J connectivity index is 1.64. The number of nitrogens with one attached hydrogen (secondary N) is 2. The van der Waals surface area contributed by atoms with Crippen molar-refractivity contribution in [3.63, 3.8) is 0 Å². The summed E-state index contributed by atoms with van der Waals surface area (Å²) in [7, 11) is 0. The van der Waals surface area contributed by atoms with Crippen molar-refractivity contribution in [3.8, 4) is 0 Å². The standard InChI is InChI=1S/C19H14F3N3O/c20-19(21,22)13-6-8-15(9-7-13)25-18(26)17-11-10-16(12-23-17)24-14-4-2-1-3-5-14/h1-12,24H,(H,25,26). The average molecular weight is 357 g/mol. The zero-order chi connectivity index (χ0) is 18.6. The number of benzene rings is 2. The van der Waals surface area contributed by atoms with E-state index in [1.165, 1.54) is 24.4 Å². The van der Waals surface area contributed by atoms with E-state index in [1.807, 2.05) is 30.3 Å². The number of alkyl halides is 3. The average Bonchev–Trinajstić information content (AvgIpc) is 2.63. The van der Waals surface area contributed by atoms with E-state index in [0.717, 1.165) is 17.8 Å². The van der Waals surface area contributed by atoms with Gasteiger partial charge in [0.25, 0.3) is 5.91 Å². The maximum atomic E-state index is 12.5. The molecule has 0 aliphatic rings. The number of pyridine rings is 1. The minimum absolute atomic E-state index is 0.156. The lowest BCUT2D eigenvalue weighted by atomic mass is 10.2. The molecule has 4 nitrogen and oxygen atoms in total. The van der Waals surface area contributed by atoms with Crippen LogP contribution in [-0.2, 0) is 6.18 Å². The molecular weight excluding hydrogens is 343 g/mol. The van der Waals surface area contributed by atoms with Crippen LogP contribution in [0.4, 0.5) is 30.2 Å². The zero-order valence-electron chi connectivity index (χ0n) is 13.4. The lowest BCUT2D eigenvalue weighted by Crippen LogP contribution is -2.14. The maximum absolute atomic E-state index is 12.5. The topological polar surface area (TPSA) is 54.0 Å². The van der Waals surface area contributed by atoms with Crippen LogP contribution < -0.4 is 10.6 Å². The Morgan fingerprint density at radius 3 is 2.04 bits per heavy atom. The molecule has 0 aliphatic heterocycles. The van der Waals surface area contributed by atoms with Gasteiger partial charge in [0.15, 0.2) is 0 Å². The Kier molecular flexibility index (Phi) is 4.88. The summed E-state index contributed by atoms with van der Waals surface area (Å²) in [6.07, 6.45) is -2.90. The molecule has 132 valence electrons. The Hall–Kier alpha value is -3.35. The first kappa shape index (κ1) is 17.5. The fourth-order valence-electron chi connectivity index (χ4n) is 2.23. The molecule has 0 unspecified atom stereocenters. The third kappa shape index (κ3) is 4.38. The quantitative estimate of drug-likeness (QED) is 0.683. The van der Waals surface area contributed by atoms with Crippen LogP contribution in [0.15, 0.2) is 72.9 Å². The van der Waals surface area contributed by atoms with Gasteiger partial charge in [0.1, 0.15) is 5.69 Å². The number of rotatable bonds is 4. The van der Waals surface area contributed by atoms with E-state index in [-0.39, 0.29) is 11.4 Å². The van der Waals surface area contributed by atoms with Gasteiger partial charge in [0.05, 0.1) is 17.4 Å². The number of halogens is 3. The summed E-state index contributed by atoms with van der Waals surface area (Å²) < 4.78 is 37.6. The van der Waals surface area contributed by atoms with E-state index in [2.05, 4.69) is 15.6 Å². The molecule has 1 heterocycles. The summed E-state index contributed by atoms with van der Waals surface area (Å²) in [5.74, 6) is -0.504. The van der Waals surface area contributed by atoms with Gasteiger partial charge in [-0.25, -0.2) is 4.98 Å². The monoisotopic (exact) mass is 357 g/mol. The smallest absolute Gasteiger partial charge is 0.354 e. The highest BCUT2D eigenvalue weighted by molar-refractivity contribution is 6.02. The largest absolute Gasteiger partial charge is 0.416 e. The van der Waals surface area contributed by atoms with Gasteiger partial charge in [-0.05, 0) is 48.5 Å². The van der Waals surface area contributed by atoms with E-state index in [0.29, 0.717) is 5.69 Å². The van der Waals surface area contributed by atoms with Gasteiger partial charge in [-0.3, -0.25) is 4.79 Å². The molecule has 3 aromatic rings. The van der Waals surface area contributed by atoms with E-state index < -0.39 is 17.6 Å². The van der Waals surface area contributed by atoms with Crippen LogP contribution in [0, 0.1) is 0 Å². The van der Waals surface area contributed by atoms with Crippen molar-refractivity contribution in [3.05, 3.63) is 84.2 Å². The maximum Gasteiger partial charge on any atom is 0.416 e. The van der Waals surface area contributed by atoms with Crippen LogP contribution >= 0.6 is 0 Å². The molecule has 1 aromatic heterocycles. The molecule has 3 rings (SSSR count). The fraction of sp³-hybridized carbons (Fsp3) is 0.0526. The van der Waals surface area contributed by atoms with E-state index >= 15 is 0 Å². The van der Waals surface area contributed by atoms with Crippen molar-refractivity contribution in [1.82, 2.24) is 4.98 Å². The number of aromatic nitrogens is 1. The van der Waals surface area contributed by atoms with Gasteiger partial charge in [0.2, 0.25) is 0 Å². The minimum Gasteiger partial charge on any atom is -0.354 e. The SMILES string of the molecule is O=C(Nc1ccc(C(F)(F)F)cc1)c1ccc(Nc2ccccc2)cn1. The molecule has 0 bridgehead atoms. The third-order valence-electron chi connectivity index (χ3n) is 3.53. The second-order valence-electron chi connectivity index (χ2n) is 5.45. The van der Waals surface area contributed by atoms with Gasteiger partial charge in [-0.2, -0.15) is 13.2 Å². The molecule has 2 aromatic carbocycles. The van der Waals surface area contributed by atoms with Crippen molar-refractivity contribution < 1.29 is 18.0 Å². The molecule has 7 heteroatoms. The summed E-state index contributed by atoms with van der Waals surface area (Å²) in [5.41, 5.74) is 1.24. The van der Waals surface area contributed by atoms with Crippen molar-refractivity contribution in [1.29, 1.82) is 0 Å². The number of para-hydroxylation sites is 1. The zero-order valence-corrected chi connectivity index (χ0v) is 13.4. The summed E-state index contributed by atoms with van der Waals surface area (Å²) in [4.78, 5) is 16.2. The first-order valence-electron chi connectivity index (χ1n) is 7.68. The first-order chi connectivity index (χ1) is 12.4. The second-order valence-corrected chi connectivity index (χ2v) is 5.45. The first-order valence-corrected chi connectivity index (χ1v) is 7.68. The van der Waals surface area contributed by atoms with Crippen molar-refractivity contribution in [2.75, 3.05) is 10.6 Å². The van der Waals surface area contributed by atoms with Crippen molar-refractivity contribution in [2.24, 2.45) is 0 Å². The van der Waals surface area contributed by atoms with Crippen LogP contribution in [0.3, 0.4) is 0 Å². The fourth-order valence-corrected chi connectivity index (χ4v) is 2.23. The molecule has 26 heavy (non-hydrogen) atoms. The summed E-state index contributed by atoms with van der Waals surface area (Å²) in [5, 5.41) is 5.66. The highest BCUT2D eigenvalue weighted by Gasteiger charge is 2.30. The third-order valence-corrected chi connectivity index (χ3v) is 3.53. The lowest BCUT2D eigenvalue weighted by Gasteiger charge is -2.09. The molecular formula is C19H14F3N3O. The Bertz CT molecular complexity index is 877. The molecule has 0 saturated carbocycles. The highest BCUT2D eigenvalue weighted by atomic mass is 19.4. The number of carbonyl (C=O) groups excluding carboxylic acids is 1. The van der Waals surface area contributed by atoms with Gasteiger partial charge in [-0.15, -0.1) is 0 Å². The Morgan fingerprint density at radius 2 is 1.46 bits per heavy atom. The minimum atomic E-state index is -4.41. The number of nitrogens with zero attached hydrogens (tertiary/aromatic N) is 1. The predicted molar refractivity (Wildman–Crippen MR) is 93.4 cm³/mol. The van der Waals surface area contributed by atoms with Gasteiger partial charge >= 0.3 is 6.18 Å². The molecule has 0 saturated heterocycles. The second kappa shape index (κ2) is 7.26. The van der Waals surface area contributed by atoms with E-state index in [9.17, 15) is 18.0 Å². The molecule has 0 atom stereocenters. The van der Waals surface area contributed by atoms with Crippen LogP contribution in [-0.4, -0.2) is 10.9 Å². The van der Waals surface area contributed by atoms with Gasteiger partial charge in [0, 0.05) is 11.4 Å². The molecule has 0 spiro atoms. The molecule has 1 amide bonds. The molecule has 0 radical (unpaired) electrons. The number of amides is 1. The Morgan fingerprint density at radius 1 is 0.808 bits per heavy atom. The van der Waals surface area contributed by atoms with Crippen LogP contribution in [0.25, 0.3) is 0 Å². The Labute approximate surface area is 147 Å². The number of hydrogen-bond acceptors (Lipinski definition) is 3. The van der Waals surface area contributed by atoms with Crippen molar-refractivity contribution in [2.45, 2.75) is 6.18 Å². The summed E-state index contributed by atoms with van der Waals surface area (Å²) >= 11 is 0. The number of hydrogen-bond donors (Lipinski definition) is 2. The van der Waals surface area contributed by atoms with Crippen molar-refractivity contribution >= 4 is 23.0 Å². The number of anilines is 3. The molecule has 0 aliphatic carbocycles. The predicted octanol–water partition coefficient (Wildman–Crippen LogP) is 5.10. The van der Waals surface area contributed by atoms with E-state index in [1.54, 1.807) is 6.07 Å². The van der Waals surface area contributed by atoms with Crippen LogP contribution in [0.2, 0.25) is 0 Å². The summed E-state index contributed by atoms with van der Waals surface area (Å²) in [6.45, 7) is 0. The van der Waals surface area contributed by atoms with Crippen LogP contribution in [0.5, 0.6) is 0 Å². The number of carbonyl (C=O) groups is 1.